The van der Waals surface area contributed by atoms with E-state index in [1.807, 2.05) is 0 Å². The van der Waals surface area contributed by atoms with Gasteiger partial charge < -0.3 is 4.90 Å². The van der Waals surface area contributed by atoms with Gasteiger partial charge in [0.25, 0.3) is 6.54 Å². The van der Waals surface area contributed by atoms with Crippen LogP contribution in [0.5, 0.6) is 0 Å². The normalized spacial score (nSPS) is 11.6. The Bertz CT molecular complexity index is 404. The molecule has 0 saturated heterocycles. The Morgan fingerprint density at radius 2 is 2.44 bits per heavy atom. The summed E-state index contributed by atoms with van der Waals surface area (Å²) in [4.78, 5) is 20.5. The molecule has 6 nitrogen and oxygen atoms in total. The Kier molecular flexibility index (Phi) is 4.63. The van der Waals surface area contributed by atoms with Crippen molar-refractivity contribution in [2.75, 3.05) is 20.6 Å². The molecule has 0 fully saturated rings. The molecule has 1 aromatic heterocycles. The predicted octanol–water partition coefficient (Wildman–Crippen LogP) is 1.53. The van der Waals surface area contributed by atoms with Crippen molar-refractivity contribution >= 4 is 28.8 Å². The van der Waals surface area contributed by atoms with E-state index in [-0.39, 0.29) is 6.54 Å². The largest absolute Gasteiger partial charge is 0.361 e. The molecule has 0 unspecified atom stereocenters. The summed E-state index contributed by atoms with van der Waals surface area (Å²) in [5, 5.41) is 10.4. The lowest BCUT2D eigenvalue weighted by Crippen LogP contribution is -2.29. The lowest BCUT2D eigenvalue weighted by molar-refractivity contribution is -0.464. The van der Waals surface area contributed by atoms with Crippen molar-refractivity contribution in [3.05, 3.63) is 25.7 Å². The second-order valence-corrected chi connectivity index (χ2v) is 4.89. The van der Waals surface area contributed by atoms with Gasteiger partial charge in [-0.25, -0.2) is 4.98 Å². The van der Waals surface area contributed by atoms with Gasteiger partial charge in [0.2, 0.25) is 0 Å². The van der Waals surface area contributed by atoms with Crippen LogP contribution in [0.15, 0.2) is 11.2 Å². The minimum absolute atomic E-state index is 0.278. The predicted molar refractivity (Wildman–Crippen MR) is 63.8 cm³/mol. The molecule has 0 bridgehead atoms. The van der Waals surface area contributed by atoms with Crippen molar-refractivity contribution in [2.45, 2.75) is 6.54 Å². The van der Waals surface area contributed by atoms with Gasteiger partial charge in [0.05, 0.1) is 6.54 Å². The number of aliphatic imine (C=N–C) groups is 1. The Morgan fingerprint density at radius 1 is 1.75 bits per heavy atom. The lowest BCUT2D eigenvalue weighted by Gasteiger charge is -2.11. The number of nitro groups is 1. The first-order valence-corrected chi connectivity index (χ1v) is 5.61. The molecule has 8 heteroatoms. The van der Waals surface area contributed by atoms with Crippen LogP contribution in [0.1, 0.15) is 4.88 Å². The van der Waals surface area contributed by atoms with E-state index in [0.717, 1.165) is 4.88 Å². The third kappa shape index (κ3) is 4.11. The van der Waals surface area contributed by atoms with E-state index in [9.17, 15) is 10.1 Å². The molecule has 0 atom stereocenters. The van der Waals surface area contributed by atoms with Crippen LogP contribution in [0, 0.1) is 10.1 Å². The minimum Gasteiger partial charge on any atom is -0.361 e. The van der Waals surface area contributed by atoms with Gasteiger partial charge in [0.15, 0.2) is 10.3 Å². The number of aromatic nitrogens is 1. The molecule has 0 aliphatic rings. The zero-order valence-corrected chi connectivity index (χ0v) is 10.5. The molecule has 0 spiro atoms. The van der Waals surface area contributed by atoms with Gasteiger partial charge in [-0.05, 0) is 0 Å². The third-order valence-electron chi connectivity index (χ3n) is 1.73. The molecular formula is C8H11ClN4O2S. The first-order valence-electron chi connectivity index (χ1n) is 4.41. The summed E-state index contributed by atoms with van der Waals surface area (Å²) in [5.41, 5.74) is 0. The maximum Gasteiger partial charge on any atom is 0.260 e. The Hall–Kier alpha value is -1.21. The summed E-state index contributed by atoms with van der Waals surface area (Å²) in [7, 11) is 3.45. The van der Waals surface area contributed by atoms with E-state index in [0.29, 0.717) is 16.8 Å². The van der Waals surface area contributed by atoms with Crippen molar-refractivity contribution < 1.29 is 4.92 Å². The molecule has 1 aromatic rings. The summed E-state index contributed by atoms with van der Waals surface area (Å²) in [6.07, 6.45) is 1.62. The Morgan fingerprint density at radius 3 is 2.88 bits per heavy atom. The van der Waals surface area contributed by atoms with Crippen molar-refractivity contribution in [3.8, 4) is 0 Å². The molecule has 0 N–H and O–H groups in total. The molecule has 1 rings (SSSR count). The zero-order valence-electron chi connectivity index (χ0n) is 8.88. The summed E-state index contributed by atoms with van der Waals surface area (Å²) in [6, 6.07) is 0. The molecule has 0 aliphatic carbocycles. The molecular weight excluding hydrogens is 252 g/mol. The number of hydrogen-bond donors (Lipinski definition) is 0. The van der Waals surface area contributed by atoms with Crippen molar-refractivity contribution in [3.63, 3.8) is 0 Å². The monoisotopic (exact) mass is 262 g/mol. The maximum atomic E-state index is 10.4. The van der Waals surface area contributed by atoms with E-state index in [1.54, 1.807) is 25.2 Å². The van der Waals surface area contributed by atoms with Gasteiger partial charge in [0, 0.05) is 30.1 Å². The van der Waals surface area contributed by atoms with Crippen LogP contribution < -0.4 is 0 Å². The van der Waals surface area contributed by atoms with Crippen LogP contribution in [0.4, 0.5) is 0 Å². The van der Waals surface area contributed by atoms with Crippen LogP contribution in [0.25, 0.3) is 0 Å². The molecule has 0 aromatic carbocycles. The highest BCUT2D eigenvalue weighted by Crippen LogP contribution is 2.18. The van der Waals surface area contributed by atoms with E-state index in [1.165, 1.54) is 11.3 Å². The second kappa shape index (κ2) is 5.76. The minimum atomic E-state index is -0.404. The fraction of sp³-hybridized carbons (Fsp3) is 0.500. The van der Waals surface area contributed by atoms with Crippen LogP contribution in [0.2, 0.25) is 4.47 Å². The highest BCUT2D eigenvalue weighted by Gasteiger charge is 2.09. The van der Waals surface area contributed by atoms with Gasteiger partial charge in [-0.15, -0.1) is 11.3 Å². The topological polar surface area (TPSA) is 71.6 Å². The van der Waals surface area contributed by atoms with Crippen molar-refractivity contribution in [1.82, 2.24) is 9.88 Å². The number of rotatable bonds is 4. The van der Waals surface area contributed by atoms with E-state index in [4.69, 9.17) is 11.6 Å². The van der Waals surface area contributed by atoms with Crippen LogP contribution in [0.3, 0.4) is 0 Å². The molecule has 0 amide bonds. The van der Waals surface area contributed by atoms with E-state index < -0.39 is 4.92 Å². The number of halogens is 1. The number of nitrogens with zero attached hydrogens (tertiary/aromatic N) is 4. The number of likely N-dealkylation sites (N-methyl/N-ethyl adjacent to an activating group) is 1. The average Bonchev–Trinajstić information content (AvgIpc) is 2.58. The molecule has 0 aliphatic heterocycles. The fourth-order valence-corrected chi connectivity index (χ4v) is 1.88. The highest BCUT2D eigenvalue weighted by molar-refractivity contribution is 7.15. The summed E-state index contributed by atoms with van der Waals surface area (Å²) in [5.74, 6) is 0.425. The van der Waals surface area contributed by atoms with E-state index in [2.05, 4.69) is 9.98 Å². The van der Waals surface area contributed by atoms with Crippen LogP contribution in [-0.4, -0.2) is 41.3 Å². The van der Waals surface area contributed by atoms with Crippen LogP contribution >= 0.6 is 22.9 Å². The lowest BCUT2D eigenvalue weighted by atomic mass is 10.5. The molecule has 0 radical (unpaired) electrons. The second-order valence-electron chi connectivity index (χ2n) is 3.20. The van der Waals surface area contributed by atoms with Gasteiger partial charge in [-0.3, -0.25) is 15.1 Å². The van der Waals surface area contributed by atoms with Gasteiger partial charge in [0.1, 0.15) is 0 Å². The third-order valence-corrected chi connectivity index (χ3v) is 2.83. The van der Waals surface area contributed by atoms with Gasteiger partial charge >= 0.3 is 0 Å². The van der Waals surface area contributed by atoms with Gasteiger partial charge in [-0.1, -0.05) is 11.6 Å². The summed E-state index contributed by atoms with van der Waals surface area (Å²) < 4.78 is 0.450. The zero-order chi connectivity index (χ0) is 12.1. The quantitative estimate of drug-likeness (QED) is 0.357. The number of amidine groups is 1. The Labute approximate surface area is 102 Å². The van der Waals surface area contributed by atoms with Crippen molar-refractivity contribution in [1.29, 1.82) is 0 Å². The smallest absolute Gasteiger partial charge is 0.260 e. The maximum absolute atomic E-state index is 10.4. The first-order chi connectivity index (χ1) is 7.49. The molecule has 16 heavy (non-hydrogen) atoms. The molecule has 88 valence electrons. The Balaban J connectivity index is 2.67. The number of thiazole rings is 1. The SMILES string of the molecule is CN(C)C(C[N+](=O)[O-])=NCc1cnc(Cl)s1. The first kappa shape index (κ1) is 12.9. The standard InChI is InChI=1S/C8H11ClN4O2S/c1-12(2)7(5-13(14)15)10-3-6-4-11-8(9)16-6/h4H,3,5H2,1-2H3. The summed E-state index contributed by atoms with van der Waals surface area (Å²) in [6.45, 7) is 0.0886. The van der Waals surface area contributed by atoms with Gasteiger partial charge in [-0.2, -0.15) is 0 Å². The summed E-state index contributed by atoms with van der Waals surface area (Å²) >= 11 is 6.98. The molecule has 1 heterocycles. The fourth-order valence-electron chi connectivity index (χ4n) is 0.974. The van der Waals surface area contributed by atoms with Crippen LogP contribution in [-0.2, 0) is 6.54 Å². The van der Waals surface area contributed by atoms with E-state index >= 15 is 0 Å². The average molecular weight is 263 g/mol. The molecule has 0 saturated carbocycles. The number of hydrogen-bond acceptors (Lipinski definition) is 5. The highest BCUT2D eigenvalue weighted by atomic mass is 35.5. The van der Waals surface area contributed by atoms with Crippen molar-refractivity contribution in [2.24, 2.45) is 4.99 Å².